The molecule has 2 saturated heterocycles. The molecular weight excluding hydrogens is 412 g/mol. The summed E-state index contributed by atoms with van der Waals surface area (Å²) < 4.78 is 0. The largest absolute Gasteiger partial charge is 0.366 e. The summed E-state index contributed by atoms with van der Waals surface area (Å²) in [5.74, 6) is 1.09. The molecule has 2 bridgehead atoms. The van der Waals surface area contributed by atoms with Gasteiger partial charge in [-0.05, 0) is 82.2 Å². The molecule has 1 aromatic rings. The molecule has 2 heterocycles. The number of benzene rings is 1. The van der Waals surface area contributed by atoms with E-state index in [2.05, 4.69) is 15.9 Å². The second kappa shape index (κ2) is 11.0. The van der Waals surface area contributed by atoms with E-state index in [9.17, 15) is 9.59 Å². The van der Waals surface area contributed by atoms with Gasteiger partial charge in [0.15, 0.2) is 0 Å². The molecule has 182 valence electrons. The first-order valence-electron chi connectivity index (χ1n) is 13.0. The molecule has 2 N–H and O–H groups in total. The fraction of sp³-hybridized carbons (Fsp3) is 0.704. The minimum Gasteiger partial charge on any atom is -0.366 e. The van der Waals surface area contributed by atoms with Crippen molar-refractivity contribution in [1.29, 1.82) is 0 Å². The molecule has 0 radical (unpaired) electrons. The van der Waals surface area contributed by atoms with E-state index in [1.165, 1.54) is 50.5 Å². The maximum absolute atomic E-state index is 13.0. The number of hydrogen-bond acceptors (Lipinski definition) is 4. The topological polar surface area (TPSA) is 69.9 Å². The lowest BCUT2D eigenvalue weighted by Gasteiger charge is -2.40. The van der Waals surface area contributed by atoms with Crippen molar-refractivity contribution in [2.75, 3.05) is 40.3 Å². The summed E-state index contributed by atoms with van der Waals surface area (Å²) in [5.41, 5.74) is 7.37. The summed E-state index contributed by atoms with van der Waals surface area (Å²) in [6, 6.07) is 9.06. The second-order valence-electron chi connectivity index (χ2n) is 10.9. The number of amides is 2. The summed E-state index contributed by atoms with van der Waals surface area (Å²) in [6.07, 6.45) is 11.3. The first-order valence-corrected chi connectivity index (χ1v) is 13.0. The molecule has 3 aliphatic rings. The van der Waals surface area contributed by atoms with Gasteiger partial charge in [-0.1, -0.05) is 31.4 Å². The van der Waals surface area contributed by atoms with Crippen LogP contribution in [0.5, 0.6) is 0 Å². The number of carbonyl (C=O) groups excluding carboxylic acids is 2. The molecule has 4 rings (SSSR count). The quantitative estimate of drug-likeness (QED) is 0.620. The van der Waals surface area contributed by atoms with Crippen LogP contribution in [-0.4, -0.2) is 78.9 Å². The Labute approximate surface area is 199 Å². The molecule has 0 spiro atoms. The van der Waals surface area contributed by atoms with Crippen LogP contribution >= 0.6 is 0 Å². The van der Waals surface area contributed by atoms with Gasteiger partial charge in [-0.3, -0.25) is 14.5 Å². The predicted octanol–water partition coefficient (Wildman–Crippen LogP) is 3.47. The van der Waals surface area contributed by atoms with Gasteiger partial charge in [-0.2, -0.15) is 0 Å². The highest BCUT2D eigenvalue weighted by atomic mass is 16.2. The van der Waals surface area contributed by atoms with Crippen LogP contribution in [0.25, 0.3) is 0 Å². The zero-order valence-corrected chi connectivity index (χ0v) is 20.5. The number of nitrogens with zero attached hydrogens (tertiary/aromatic N) is 3. The summed E-state index contributed by atoms with van der Waals surface area (Å²) >= 11 is 0. The fourth-order valence-corrected chi connectivity index (χ4v) is 6.46. The van der Waals surface area contributed by atoms with Gasteiger partial charge >= 0.3 is 0 Å². The minimum atomic E-state index is -0.349. The average molecular weight is 455 g/mol. The molecule has 2 amide bonds. The van der Waals surface area contributed by atoms with Crippen LogP contribution < -0.4 is 5.73 Å². The number of primary amides is 1. The van der Waals surface area contributed by atoms with E-state index in [4.69, 9.17) is 5.73 Å². The average Bonchev–Trinajstić information content (AvgIpc) is 3.03. The number of piperidine rings is 1. The highest BCUT2D eigenvalue weighted by molar-refractivity contribution is 5.92. The third kappa shape index (κ3) is 6.15. The molecule has 6 nitrogen and oxygen atoms in total. The lowest BCUT2D eigenvalue weighted by Crippen LogP contribution is -2.49. The van der Waals surface area contributed by atoms with Gasteiger partial charge in [0, 0.05) is 37.3 Å². The van der Waals surface area contributed by atoms with E-state index in [0.717, 1.165) is 32.5 Å². The second-order valence-corrected chi connectivity index (χ2v) is 10.9. The zero-order valence-electron chi connectivity index (χ0n) is 20.5. The van der Waals surface area contributed by atoms with Crippen LogP contribution in [0.15, 0.2) is 24.3 Å². The summed E-state index contributed by atoms with van der Waals surface area (Å²) in [5, 5.41) is 0. The molecule has 33 heavy (non-hydrogen) atoms. The van der Waals surface area contributed by atoms with E-state index in [1.807, 2.05) is 31.1 Å². The van der Waals surface area contributed by atoms with Crippen LogP contribution in [0, 0.1) is 5.92 Å². The highest BCUT2D eigenvalue weighted by Gasteiger charge is 2.41. The number of nitrogens with two attached hydrogens (primary N) is 1. The van der Waals surface area contributed by atoms with E-state index >= 15 is 0 Å². The van der Waals surface area contributed by atoms with E-state index in [-0.39, 0.29) is 11.8 Å². The maximum atomic E-state index is 13.0. The third-order valence-electron chi connectivity index (χ3n) is 8.16. The summed E-state index contributed by atoms with van der Waals surface area (Å²) in [6.45, 7) is 3.25. The lowest BCUT2D eigenvalue weighted by atomic mass is 9.84. The number of likely N-dealkylation sites (N-methyl/N-ethyl adjacent to an activating group) is 1. The van der Waals surface area contributed by atoms with Gasteiger partial charge in [0.25, 0.3) is 0 Å². The minimum absolute atomic E-state index is 0.274. The smallest absolute Gasteiger partial charge is 0.248 e. The van der Waals surface area contributed by atoms with Gasteiger partial charge in [0.05, 0.1) is 6.54 Å². The first-order chi connectivity index (χ1) is 15.9. The molecular formula is C27H42N4O2. The molecule has 3 fully saturated rings. The molecule has 6 heteroatoms. The Morgan fingerprint density at radius 2 is 1.73 bits per heavy atom. The van der Waals surface area contributed by atoms with Crippen molar-refractivity contribution < 1.29 is 9.59 Å². The number of carbonyl (C=O) groups is 2. The Hall–Kier alpha value is -1.92. The Morgan fingerprint density at radius 1 is 1.03 bits per heavy atom. The SMILES string of the molecule is CN(C)CC(=O)N(CCN1[C@@H]2CC[C@H]1CC(c1cccc(C(N)=O)c1)C2)CC1CCCCC1. The molecule has 1 aliphatic carbocycles. The molecule has 3 atom stereocenters. The van der Waals surface area contributed by atoms with Crippen LogP contribution in [-0.2, 0) is 4.79 Å². The number of fused-ring (bicyclic) bond motifs is 2. The summed E-state index contributed by atoms with van der Waals surface area (Å²) in [7, 11) is 3.96. The number of hydrogen-bond donors (Lipinski definition) is 1. The van der Waals surface area contributed by atoms with E-state index in [1.54, 1.807) is 6.07 Å². The van der Waals surface area contributed by atoms with Gasteiger partial charge in [0.1, 0.15) is 0 Å². The summed E-state index contributed by atoms with van der Waals surface area (Å²) in [4.78, 5) is 31.5. The normalized spacial score (nSPS) is 26.0. The fourth-order valence-electron chi connectivity index (χ4n) is 6.46. The van der Waals surface area contributed by atoms with Gasteiger partial charge in [0.2, 0.25) is 11.8 Å². The molecule has 2 aliphatic heterocycles. The van der Waals surface area contributed by atoms with Crippen molar-refractivity contribution in [3.8, 4) is 0 Å². The zero-order chi connectivity index (χ0) is 23.4. The predicted molar refractivity (Wildman–Crippen MR) is 132 cm³/mol. The molecule has 1 saturated carbocycles. The van der Waals surface area contributed by atoms with Gasteiger partial charge in [-0.15, -0.1) is 0 Å². The van der Waals surface area contributed by atoms with Crippen molar-refractivity contribution in [2.24, 2.45) is 11.7 Å². The van der Waals surface area contributed by atoms with Crippen LogP contribution in [0.1, 0.15) is 79.6 Å². The molecule has 0 aromatic heterocycles. The van der Waals surface area contributed by atoms with Gasteiger partial charge < -0.3 is 15.5 Å². The van der Waals surface area contributed by atoms with Crippen LogP contribution in [0.4, 0.5) is 0 Å². The van der Waals surface area contributed by atoms with E-state index < -0.39 is 0 Å². The first kappa shape index (κ1) is 24.2. The van der Waals surface area contributed by atoms with Crippen LogP contribution in [0.3, 0.4) is 0 Å². The number of rotatable bonds is 9. The lowest BCUT2D eigenvalue weighted by molar-refractivity contribution is -0.133. The van der Waals surface area contributed by atoms with Gasteiger partial charge in [-0.25, -0.2) is 0 Å². The van der Waals surface area contributed by atoms with Crippen molar-refractivity contribution >= 4 is 11.8 Å². The Kier molecular flexibility index (Phi) is 8.07. The monoisotopic (exact) mass is 454 g/mol. The van der Waals surface area contributed by atoms with Crippen molar-refractivity contribution in [3.05, 3.63) is 35.4 Å². The van der Waals surface area contributed by atoms with Crippen molar-refractivity contribution in [3.63, 3.8) is 0 Å². The standard InChI is InChI=1S/C27H42N4O2/c1-29(2)19-26(32)30(18-20-7-4-3-5-8-20)13-14-31-24-11-12-25(31)17-23(16-24)21-9-6-10-22(15-21)27(28)33/h6,9-10,15,20,23-25H,3-5,7-8,11-14,16-19H2,1-2H3,(H2,28,33)/t23?,24-,25+. The maximum Gasteiger partial charge on any atom is 0.248 e. The Bertz CT molecular complexity index is 806. The highest BCUT2D eigenvalue weighted by Crippen LogP contribution is 2.43. The van der Waals surface area contributed by atoms with Crippen molar-refractivity contribution in [2.45, 2.75) is 75.8 Å². The van der Waals surface area contributed by atoms with Crippen molar-refractivity contribution in [1.82, 2.24) is 14.7 Å². The van der Waals surface area contributed by atoms with Crippen LogP contribution in [0.2, 0.25) is 0 Å². The Morgan fingerprint density at radius 3 is 2.36 bits per heavy atom. The third-order valence-corrected chi connectivity index (χ3v) is 8.16. The molecule has 1 aromatic carbocycles. The van der Waals surface area contributed by atoms with E-state index in [0.29, 0.717) is 36.0 Å². The molecule has 1 unspecified atom stereocenters. The Balaban J connectivity index is 1.37.